The van der Waals surface area contributed by atoms with E-state index in [9.17, 15) is 0 Å². The molecular formula is C22H30N4+2. The first-order valence-corrected chi connectivity index (χ1v) is 9.87. The Bertz CT molecular complexity index is 845. The highest BCUT2D eigenvalue weighted by atomic mass is 15.3. The lowest BCUT2D eigenvalue weighted by molar-refractivity contribution is -1.02. The van der Waals surface area contributed by atoms with Gasteiger partial charge in [0.2, 0.25) is 0 Å². The number of hydrogen-bond donors (Lipinski definition) is 2. The normalized spacial score (nSPS) is 20.7. The second-order valence-electron chi connectivity index (χ2n) is 7.82. The third-order valence-electron chi connectivity index (χ3n) is 5.55. The first kappa shape index (κ1) is 17.3. The molecule has 2 N–H and O–H groups in total. The molecule has 2 heterocycles. The van der Waals surface area contributed by atoms with Gasteiger partial charge in [-0.1, -0.05) is 42.5 Å². The highest BCUT2D eigenvalue weighted by Crippen LogP contribution is 2.20. The van der Waals surface area contributed by atoms with Gasteiger partial charge in [-0.3, -0.25) is 0 Å². The van der Waals surface area contributed by atoms with Crippen LogP contribution < -0.4 is 9.80 Å². The standard InChI is InChI=1S/C22H28N4/c1-18(2)26-21-11-7-6-10-20(21)23-22(26)17-25-14-12-24(13-15-25)16-19-8-4-3-5-9-19/h3-11,18H,12-17H2,1-2H3/p+2. The Balaban J connectivity index is 1.42. The average molecular weight is 351 g/mol. The van der Waals surface area contributed by atoms with Crippen LogP contribution >= 0.6 is 0 Å². The Morgan fingerprint density at radius 3 is 2.15 bits per heavy atom. The molecular weight excluding hydrogens is 320 g/mol. The topological polar surface area (TPSA) is 26.7 Å². The molecule has 0 aliphatic carbocycles. The van der Waals surface area contributed by atoms with Gasteiger partial charge in [-0.05, 0) is 26.0 Å². The average Bonchev–Trinajstić information content (AvgIpc) is 3.02. The Kier molecular flexibility index (Phi) is 5.05. The number of hydrogen-bond acceptors (Lipinski definition) is 1. The van der Waals surface area contributed by atoms with Crippen LogP contribution in [0.5, 0.6) is 0 Å². The summed E-state index contributed by atoms with van der Waals surface area (Å²) in [6.45, 7) is 11.6. The number of piperazine rings is 1. The predicted molar refractivity (Wildman–Crippen MR) is 105 cm³/mol. The minimum Gasteiger partial charge on any atom is -0.322 e. The smallest absolute Gasteiger partial charge is 0.165 e. The van der Waals surface area contributed by atoms with Crippen LogP contribution in [0.25, 0.3) is 11.0 Å². The molecule has 2 aromatic carbocycles. The molecule has 1 saturated heterocycles. The van der Waals surface area contributed by atoms with Gasteiger partial charge in [-0.15, -0.1) is 0 Å². The highest BCUT2D eigenvalue weighted by molar-refractivity contribution is 5.76. The number of nitrogens with zero attached hydrogens (tertiary/aromatic N) is 2. The van der Waals surface area contributed by atoms with E-state index in [0.29, 0.717) is 6.04 Å². The summed E-state index contributed by atoms with van der Waals surface area (Å²) in [7, 11) is 0. The zero-order chi connectivity index (χ0) is 17.9. The molecule has 4 heteroatoms. The second-order valence-corrected chi connectivity index (χ2v) is 7.82. The van der Waals surface area contributed by atoms with Crippen LogP contribution in [0.4, 0.5) is 0 Å². The molecule has 0 saturated carbocycles. The van der Waals surface area contributed by atoms with Crippen molar-refractivity contribution in [2.75, 3.05) is 26.2 Å². The van der Waals surface area contributed by atoms with Crippen molar-refractivity contribution in [2.24, 2.45) is 0 Å². The predicted octanol–water partition coefficient (Wildman–Crippen LogP) is 1.10. The van der Waals surface area contributed by atoms with E-state index in [-0.39, 0.29) is 0 Å². The number of quaternary nitrogens is 2. The van der Waals surface area contributed by atoms with Crippen molar-refractivity contribution < 1.29 is 9.80 Å². The number of fused-ring (bicyclic) bond motifs is 1. The lowest BCUT2D eigenvalue weighted by atomic mass is 10.2. The van der Waals surface area contributed by atoms with E-state index in [1.54, 1.807) is 9.80 Å². The van der Waals surface area contributed by atoms with Crippen LogP contribution in [0.1, 0.15) is 31.3 Å². The number of para-hydroxylation sites is 2. The van der Waals surface area contributed by atoms with Gasteiger partial charge >= 0.3 is 0 Å². The fourth-order valence-corrected chi connectivity index (χ4v) is 4.21. The lowest BCUT2D eigenvalue weighted by Crippen LogP contribution is -3.27. The Morgan fingerprint density at radius 1 is 0.846 bits per heavy atom. The van der Waals surface area contributed by atoms with E-state index in [4.69, 9.17) is 4.98 Å². The van der Waals surface area contributed by atoms with E-state index in [1.807, 2.05) is 0 Å². The first-order chi connectivity index (χ1) is 12.7. The molecule has 0 atom stereocenters. The number of nitrogens with one attached hydrogen (secondary N) is 2. The maximum atomic E-state index is 4.95. The van der Waals surface area contributed by atoms with Crippen LogP contribution in [0.3, 0.4) is 0 Å². The molecule has 0 amide bonds. The van der Waals surface area contributed by atoms with Gasteiger partial charge in [-0.2, -0.15) is 0 Å². The largest absolute Gasteiger partial charge is 0.322 e. The molecule has 0 bridgehead atoms. The summed E-state index contributed by atoms with van der Waals surface area (Å²) in [6, 6.07) is 19.9. The lowest BCUT2D eigenvalue weighted by Gasteiger charge is -2.30. The van der Waals surface area contributed by atoms with Crippen molar-refractivity contribution >= 4 is 11.0 Å². The number of benzene rings is 2. The van der Waals surface area contributed by atoms with Crippen molar-refractivity contribution in [3.05, 3.63) is 66.0 Å². The van der Waals surface area contributed by atoms with Gasteiger partial charge in [0.05, 0.1) is 11.0 Å². The molecule has 1 aliphatic rings. The summed E-state index contributed by atoms with van der Waals surface area (Å²) in [5.74, 6) is 1.24. The van der Waals surface area contributed by atoms with E-state index >= 15 is 0 Å². The van der Waals surface area contributed by atoms with Crippen molar-refractivity contribution in [2.45, 2.75) is 33.0 Å². The molecule has 3 aromatic rings. The molecule has 1 aromatic heterocycles. The number of rotatable bonds is 5. The van der Waals surface area contributed by atoms with Crippen LogP contribution in [0.15, 0.2) is 54.6 Å². The molecule has 0 spiro atoms. The van der Waals surface area contributed by atoms with Crippen molar-refractivity contribution in [1.82, 2.24) is 9.55 Å². The van der Waals surface area contributed by atoms with Gasteiger partial charge in [0.25, 0.3) is 0 Å². The van der Waals surface area contributed by atoms with Gasteiger partial charge < -0.3 is 14.4 Å². The van der Waals surface area contributed by atoms with Crippen LogP contribution in [-0.4, -0.2) is 35.7 Å². The molecule has 0 unspecified atom stereocenters. The maximum Gasteiger partial charge on any atom is 0.165 e. The Labute approximate surface area is 156 Å². The molecule has 136 valence electrons. The van der Waals surface area contributed by atoms with E-state index in [0.717, 1.165) is 18.6 Å². The summed E-state index contributed by atoms with van der Waals surface area (Å²) < 4.78 is 2.42. The molecule has 1 aliphatic heterocycles. The minimum atomic E-state index is 0.446. The summed E-state index contributed by atoms with van der Waals surface area (Å²) in [6.07, 6.45) is 0. The molecule has 0 radical (unpaired) electrons. The summed E-state index contributed by atoms with van der Waals surface area (Å²) >= 11 is 0. The van der Waals surface area contributed by atoms with Crippen molar-refractivity contribution in [3.63, 3.8) is 0 Å². The summed E-state index contributed by atoms with van der Waals surface area (Å²) in [5, 5.41) is 0. The molecule has 4 rings (SSSR count). The number of imidazole rings is 1. The Morgan fingerprint density at radius 2 is 1.46 bits per heavy atom. The zero-order valence-corrected chi connectivity index (χ0v) is 15.9. The van der Waals surface area contributed by atoms with E-state index in [1.165, 1.54) is 43.1 Å². The van der Waals surface area contributed by atoms with E-state index in [2.05, 4.69) is 73.0 Å². The van der Waals surface area contributed by atoms with Gasteiger partial charge in [-0.25, -0.2) is 4.98 Å². The minimum absolute atomic E-state index is 0.446. The fourth-order valence-electron chi connectivity index (χ4n) is 4.21. The maximum absolute atomic E-state index is 4.95. The van der Waals surface area contributed by atoms with Crippen molar-refractivity contribution in [3.8, 4) is 0 Å². The second kappa shape index (κ2) is 7.60. The quantitative estimate of drug-likeness (QED) is 0.708. The monoisotopic (exact) mass is 350 g/mol. The van der Waals surface area contributed by atoms with Gasteiger partial charge in [0.1, 0.15) is 39.3 Å². The van der Waals surface area contributed by atoms with E-state index < -0.39 is 0 Å². The molecule has 1 fully saturated rings. The highest BCUT2D eigenvalue weighted by Gasteiger charge is 2.25. The van der Waals surface area contributed by atoms with Crippen LogP contribution in [0, 0.1) is 0 Å². The van der Waals surface area contributed by atoms with Gasteiger partial charge in [0, 0.05) is 11.6 Å². The fraction of sp³-hybridized carbons (Fsp3) is 0.409. The number of aromatic nitrogens is 2. The molecule has 26 heavy (non-hydrogen) atoms. The third-order valence-corrected chi connectivity index (χ3v) is 5.55. The summed E-state index contributed by atoms with van der Waals surface area (Å²) in [5.41, 5.74) is 3.85. The zero-order valence-electron chi connectivity index (χ0n) is 15.9. The van der Waals surface area contributed by atoms with Gasteiger partial charge in [0.15, 0.2) is 5.82 Å². The van der Waals surface area contributed by atoms with Crippen LogP contribution in [-0.2, 0) is 13.1 Å². The SMILES string of the molecule is CC(C)n1c(C[NH+]2CC[NH+](Cc3ccccc3)CC2)nc2ccccc21. The summed E-state index contributed by atoms with van der Waals surface area (Å²) in [4.78, 5) is 8.32. The molecule has 4 nitrogen and oxygen atoms in total. The Hall–Kier alpha value is -2.17. The first-order valence-electron chi connectivity index (χ1n) is 9.87. The van der Waals surface area contributed by atoms with Crippen LogP contribution in [0.2, 0.25) is 0 Å². The van der Waals surface area contributed by atoms with Crippen molar-refractivity contribution in [1.29, 1.82) is 0 Å². The third kappa shape index (κ3) is 3.67.